The van der Waals surface area contributed by atoms with Crippen LogP contribution in [0.3, 0.4) is 0 Å². The molecule has 0 radical (unpaired) electrons. The van der Waals surface area contributed by atoms with E-state index in [2.05, 4.69) is 37.8 Å². The number of piperidine rings is 1. The molecular formula is C20H31NO3. The Morgan fingerprint density at radius 2 is 2.12 bits per heavy atom. The molecule has 0 amide bonds. The number of benzene rings is 1. The van der Waals surface area contributed by atoms with Gasteiger partial charge in [-0.25, -0.2) is 0 Å². The molecule has 134 valence electrons. The van der Waals surface area contributed by atoms with Crippen molar-refractivity contribution >= 4 is 5.97 Å². The van der Waals surface area contributed by atoms with E-state index in [1.807, 2.05) is 6.92 Å². The molecule has 0 aliphatic carbocycles. The molecule has 1 N–H and O–H groups in total. The maximum Gasteiger partial charge on any atom is 0.304 e. The van der Waals surface area contributed by atoms with Crippen LogP contribution in [0.15, 0.2) is 12.1 Å². The highest BCUT2D eigenvalue weighted by Gasteiger charge is 2.25. The molecule has 0 bridgehead atoms. The molecule has 2 rings (SSSR count). The van der Waals surface area contributed by atoms with Gasteiger partial charge in [-0.2, -0.15) is 0 Å². The monoisotopic (exact) mass is 333 g/mol. The van der Waals surface area contributed by atoms with Crippen molar-refractivity contribution in [2.75, 3.05) is 13.2 Å². The van der Waals surface area contributed by atoms with Gasteiger partial charge in [0.1, 0.15) is 5.75 Å². The summed E-state index contributed by atoms with van der Waals surface area (Å²) in [4.78, 5) is 13.5. The fraction of sp³-hybridized carbons (Fsp3) is 0.650. The number of carboxylic acids is 1. The van der Waals surface area contributed by atoms with Crippen LogP contribution in [0.5, 0.6) is 5.75 Å². The van der Waals surface area contributed by atoms with Gasteiger partial charge in [-0.15, -0.1) is 0 Å². The summed E-state index contributed by atoms with van der Waals surface area (Å²) in [5.74, 6) is 0.690. The van der Waals surface area contributed by atoms with Crippen molar-refractivity contribution in [3.63, 3.8) is 0 Å². The van der Waals surface area contributed by atoms with Crippen LogP contribution in [-0.2, 0) is 11.3 Å². The third-order valence-electron chi connectivity index (χ3n) is 4.92. The molecule has 1 aromatic rings. The number of aliphatic carboxylic acids is 1. The number of hydrogen-bond donors (Lipinski definition) is 1. The van der Waals surface area contributed by atoms with Crippen LogP contribution in [0.1, 0.15) is 69.1 Å². The predicted octanol–water partition coefficient (Wildman–Crippen LogP) is 4.35. The number of nitrogens with zero attached hydrogens (tertiary/aromatic N) is 1. The average Bonchev–Trinajstić information content (AvgIpc) is 2.51. The first-order valence-electron chi connectivity index (χ1n) is 9.14. The minimum absolute atomic E-state index is 0.157. The maximum atomic E-state index is 11.1. The first-order valence-corrected chi connectivity index (χ1v) is 9.14. The third-order valence-corrected chi connectivity index (χ3v) is 4.92. The molecule has 1 aliphatic heterocycles. The van der Waals surface area contributed by atoms with E-state index < -0.39 is 5.97 Å². The van der Waals surface area contributed by atoms with Crippen LogP contribution in [-0.4, -0.2) is 35.2 Å². The number of aryl methyl sites for hydroxylation is 1. The second-order valence-electron chi connectivity index (χ2n) is 7.12. The zero-order valence-corrected chi connectivity index (χ0v) is 15.5. The molecule has 1 fully saturated rings. The van der Waals surface area contributed by atoms with Gasteiger partial charge < -0.3 is 9.84 Å². The number of rotatable bonds is 7. The minimum Gasteiger partial charge on any atom is -0.494 e. The number of carbonyl (C=O) groups is 1. The predicted molar refractivity (Wildman–Crippen MR) is 96.7 cm³/mol. The fourth-order valence-electron chi connectivity index (χ4n) is 3.57. The Morgan fingerprint density at radius 3 is 2.75 bits per heavy atom. The number of ether oxygens (including phenoxy) is 1. The first-order chi connectivity index (χ1) is 11.4. The Balaban J connectivity index is 2.24. The van der Waals surface area contributed by atoms with E-state index in [1.165, 1.54) is 16.7 Å². The normalized spacial score (nSPS) is 18.8. The highest BCUT2D eigenvalue weighted by molar-refractivity contribution is 5.67. The summed E-state index contributed by atoms with van der Waals surface area (Å²) in [6, 6.07) is 4.56. The van der Waals surface area contributed by atoms with E-state index in [4.69, 9.17) is 4.74 Å². The lowest BCUT2D eigenvalue weighted by Crippen LogP contribution is -2.40. The van der Waals surface area contributed by atoms with Crippen molar-refractivity contribution in [1.82, 2.24) is 4.90 Å². The van der Waals surface area contributed by atoms with E-state index in [-0.39, 0.29) is 12.5 Å². The van der Waals surface area contributed by atoms with Crippen LogP contribution in [0.4, 0.5) is 0 Å². The van der Waals surface area contributed by atoms with Crippen LogP contribution in [0.2, 0.25) is 0 Å². The maximum absolute atomic E-state index is 11.1. The molecule has 0 spiro atoms. The number of hydrogen-bond acceptors (Lipinski definition) is 3. The van der Waals surface area contributed by atoms with Crippen LogP contribution in [0.25, 0.3) is 0 Å². The highest BCUT2D eigenvalue weighted by Crippen LogP contribution is 2.31. The van der Waals surface area contributed by atoms with Gasteiger partial charge in [0.2, 0.25) is 0 Å². The van der Waals surface area contributed by atoms with Crippen molar-refractivity contribution in [2.45, 2.75) is 71.9 Å². The zero-order valence-electron chi connectivity index (χ0n) is 15.5. The summed E-state index contributed by atoms with van der Waals surface area (Å²) in [7, 11) is 0. The van der Waals surface area contributed by atoms with E-state index in [9.17, 15) is 9.90 Å². The Hall–Kier alpha value is -1.55. The topological polar surface area (TPSA) is 49.8 Å². The van der Waals surface area contributed by atoms with Gasteiger partial charge in [-0.1, -0.05) is 26.3 Å². The molecule has 4 nitrogen and oxygen atoms in total. The number of likely N-dealkylation sites (tertiary alicyclic amines) is 1. The fourth-order valence-corrected chi connectivity index (χ4v) is 3.57. The Kier molecular flexibility index (Phi) is 6.67. The number of carboxylic acid groups (broad SMARTS) is 1. The highest BCUT2D eigenvalue weighted by atomic mass is 16.5. The van der Waals surface area contributed by atoms with E-state index in [0.29, 0.717) is 12.5 Å². The molecule has 1 heterocycles. The third kappa shape index (κ3) is 4.73. The quantitative estimate of drug-likeness (QED) is 0.806. The lowest BCUT2D eigenvalue weighted by Gasteiger charge is -2.35. The minimum atomic E-state index is -0.696. The second-order valence-corrected chi connectivity index (χ2v) is 7.12. The summed E-state index contributed by atoms with van der Waals surface area (Å²) in [6.07, 6.45) is 3.52. The van der Waals surface area contributed by atoms with Crippen LogP contribution >= 0.6 is 0 Å². The molecular weight excluding hydrogens is 302 g/mol. The Morgan fingerprint density at radius 1 is 1.38 bits per heavy atom. The summed E-state index contributed by atoms with van der Waals surface area (Å²) in [6.45, 7) is 11.0. The molecule has 1 atom stereocenters. The first kappa shape index (κ1) is 18.8. The molecule has 1 saturated heterocycles. The standard InChI is InChI=1S/C20H31NO3/c1-5-24-19-10-15(4)16(11-18(19)14(2)3)13-21-9-7-6-8-17(21)12-20(22)23/h10-11,14,17H,5-9,12-13H2,1-4H3,(H,22,23)/t17-/m0/s1. The molecule has 24 heavy (non-hydrogen) atoms. The second kappa shape index (κ2) is 8.52. The average molecular weight is 333 g/mol. The zero-order chi connectivity index (χ0) is 17.7. The summed E-state index contributed by atoms with van der Waals surface area (Å²) in [5.41, 5.74) is 3.76. The van der Waals surface area contributed by atoms with E-state index >= 15 is 0 Å². The van der Waals surface area contributed by atoms with Gasteiger partial charge in [0.25, 0.3) is 0 Å². The van der Waals surface area contributed by atoms with Crippen LogP contribution in [0, 0.1) is 6.92 Å². The summed E-state index contributed by atoms with van der Waals surface area (Å²) >= 11 is 0. The van der Waals surface area contributed by atoms with Gasteiger partial charge in [-0.3, -0.25) is 9.69 Å². The molecule has 1 aromatic carbocycles. The van der Waals surface area contributed by atoms with Crippen molar-refractivity contribution < 1.29 is 14.6 Å². The SMILES string of the molecule is CCOc1cc(C)c(CN2CCCC[C@H]2CC(=O)O)cc1C(C)C. The smallest absolute Gasteiger partial charge is 0.304 e. The van der Waals surface area contributed by atoms with Crippen molar-refractivity contribution in [3.05, 3.63) is 28.8 Å². The lowest BCUT2D eigenvalue weighted by atomic mass is 9.94. The largest absolute Gasteiger partial charge is 0.494 e. The molecule has 0 aromatic heterocycles. The Labute approximate surface area is 145 Å². The molecule has 4 heteroatoms. The van der Waals surface area contributed by atoms with Crippen molar-refractivity contribution in [1.29, 1.82) is 0 Å². The van der Waals surface area contributed by atoms with Gasteiger partial charge in [0.05, 0.1) is 13.0 Å². The molecule has 1 aliphatic rings. The van der Waals surface area contributed by atoms with Gasteiger partial charge in [0.15, 0.2) is 0 Å². The molecule has 0 unspecified atom stereocenters. The van der Waals surface area contributed by atoms with Crippen LogP contribution < -0.4 is 4.74 Å². The van der Waals surface area contributed by atoms with Crippen molar-refractivity contribution in [3.8, 4) is 5.75 Å². The summed E-state index contributed by atoms with van der Waals surface area (Å²) in [5, 5.41) is 9.17. The lowest BCUT2D eigenvalue weighted by molar-refractivity contribution is -0.138. The molecule has 0 saturated carbocycles. The van der Waals surface area contributed by atoms with Gasteiger partial charge >= 0.3 is 5.97 Å². The van der Waals surface area contributed by atoms with Gasteiger partial charge in [0, 0.05) is 12.6 Å². The van der Waals surface area contributed by atoms with E-state index in [1.54, 1.807) is 0 Å². The van der Waals surface area contributed by atoms with Gasteiger partial charge in [-0.05, 0) is 61.9 Å². The summed E-state index contributed by atoms with van der Waals surface area (Å²) < 4.78 is 5.81. The van der Waals surface area contributed by atoms with E-state index in [0.717, 1.165) is 38.1 Å². The Bertz CT molecular complexity index is 568. The van der Waals surface area contributed by atoms with Crippen molar-refractivity contribution in [2.24, 2.45) is 0 Å².